The molecule has 0 saturated carbocycles. The Kier molecular flexibility index (Phi) is 3.28. The summed E-state index contributed by atoms with van der Waals surface area (Å²) in [5, 5.41) is 2.61. The Labute approximate surface area is 112 Å². The minimum atomic E-state index is -0.744. The molecule has 0 bridgehead atoms. The Balaban J connectivity index is 2.04. The predicted octanol–water partition coefficient (Wildman–Crippen LogP) is 0.703. The van der Waals surface area contributed by atoms with E-state index in [1.807, 2.05) is 0 Å². The summed E-state index contributed by atoms with van der Waals surface area (Å²) < 4.78 is 5.29. The molecule has 19 heavy (non-hydrogen) atoms. The van der Waals surface area contributed by atoms with Crippen LogP contribution in [0.2, 0.25) is 0 Å². The highest BCUT2D eigenvalue weighted by molar-refractivity contribution is 5.97. The van der Waals surface area contributed by atoms with Crippen LogP contribution in [0.1, 0.15) is 33.6 Å². The van der Waals surface area contributed by atoms with Crippen LogP contribution in [0, 0.1) is 5.41 Å². The zero-order chi connectivity index (χ0) is 14.3. The largest absolute Gasteiger partial charge is 0.444 e. The lowest BCUT2D eigenvalue weighted by molar-refractivity contribution is -0.139. The van der Waals surface area contributed by atoms with E-state index in [4.69, 9.17) is 4.74 Å². The van der Waals surface area contributed by atoms with Crippen molar-refractivity contribution in [1.82, 2.24) is 10.2 Å². The normalized spacial score (nSPS) is 27.6. The van der Waals surface area contributed by atoms with Gasteiger partial charge in [-0.3, -0.25) is 9.59 Å². The van der Waals surface area contributed by atoms with Crippen molar-refractivity contribution in [2.75, 3.05) is 19.6 Å². The first kappa shape index (κ1) is 13.8. The van der Waals surface area contributed by atoms with Crippen molar-refractivity contribution in [3.8, 4) is 0 Å². The first-order valence-corrected chi connectivity index (χ1v) is 6.50. The summed E-state index contributed by atoms with van der Waals surface area (Å²) in [5.41, 5.74) is -1.30. The molecule has 0 aromatic heterocycles. The number of piperidine rings is 1. The fourth-order valence-corrected chi connectivity index (χ4v) is 2.57. The molecule has 2 rings (SSSR count). The predicted molar refractivity (Wildman–Crippen MR) is 67.5 cm³/mol. The molecule has 0 aromatic rings. The summed E-state index contributed by atoms with van der Waals surface area (Å²) in [5.74, 6) is -0.108. The van der Waals surface area contributed by atoms with Gasteiger partial charge >= 0.3 is 6.09 Å². The smallest absolute Gasteiger partial charge is 0.410 e. The summed E-state index contributed by atoms with van der Waals surface area (Å²) in [7, 11) is 0. The molecule has 0 aromatic carbocycles. The van der Waals surface area contributed by atoms with Gasteiger partial charge in [0.2, 0.25) is 5.91 Å². The molecule has 2 amide bonds. The number of rotatable bonds is 0. The van der Waals surface area contributed by atoms with Gasteiger partial charge in [0.1, 0.15) is 5.60 Å². The highest BCUT2D eigenvalue weighted by Crippen LogP contribution is 2.36. The third kappa shape index (κ3) is 2.88. The number of hydrogen-bond donors (Lipinski definition) is 1. The second-order valence-electron chi connectivity index (χ2n) is 6.33. The van der Waals surface area contributed by atoms with Crippen LogP contribution in [-0.4, -0.2) is 47.9 Å². The third-order valence-electron chi connectivity index (χ3n) is 3.47. The van der Waals surface area contributed by atoms with Crippen molar-refractivity contribution in [3.05, 3.63) is 0 Å². The standard InChI is InChI=1S/C13H20N2O4/c1-12(2,3)19-11(18)15-5-4-13(8-15)6-9(16)7-14-10(13)17/h4-8H2,1-3H3,(H,14,17). The Morgan fingerprint density at radius 1 is 1.37 bits per heavy atom. The summed E-state index contributed by atoms with van der Waals surface area (Å²) in [4.78, 5) is 37.0. The fraction of sp³-hybridized carbons (Fsp3) is 0.769. The quantitative estimate of drug-likeness (QED) is 0.701. The average Bonchev–Trinajstić information content (AvgIpc) is 2.67. The summed E-state index contributed by atoms with van der Waals surface area (Å²) in [6.45, 7) is 6.22. The van der Waals surface area contributed by atoms with Gasteiger partial charge < -0.3 is 15.0 Å². The number of nitrogens with one attached hydrogen (secondary N) is 1. The summed E-state index contributed by atoms with van der Waals surface area (Å²) in [6, 6.07) is 0. The van der Waals surface area contributed by atoms with E-state index in [2.05, 4.69) is 5.32 Å². The number of amides is 2. The molecule has 6 heteroatoms. The van der Waals surface area contributed by atoms with E-state index >= 15 is 0 Å². The molecule has 2 aliphatic heterocycles. The maximum atomic E-state index is 12.0. The van der Waals surface area contributed by atoms with Gasteiger partial charge in [-0.15, -0.1) is 0 Å². The lowest BCUT2D eigenvalue weighted by atomic mass is 9.79. The number of ether oxygens (including phenoxy) is 1. The number of Topliss-reactive ketones (excluding diaryl/α,β-unsaturated/α-hetero) is 1. The van der Waals surface area contributed by atoms with Crippen molar-refractivity contribution in [1.29, 1.82) is 0 Å². The number of likely N-dealkylation sites (tertiary alicyclic amines) is 1. The van der Waals surface area contributed by atoms with Gasteiger partial charge in [0.05, 0.1) is 12.0 Å². The first-order valence-electron chi connectivity index (χ1n) is 6.50. The van der Waals surface area contributed by atoms with Crippen molar-refractivity contribution in [3.63, 3.8) is 0 Å². The van der Waals surface area contributed by atoms with E-state index in [1.54, 1.807) is 20.8 Å². The highest BCUT2D eigenvalue weighted by atomic mass is 16.6. The van der Waals surface area contributed by atoms with Crippen LogP contribution < -0.4 is 5.32 Å². The van der Waals surface area contributed by atoms with Gasteiger partial charge in [0, 0.05) is 19.5 Å². The molecule has 1 spiro atoms. The zero-order valence-electron chi connectivity index (χ0n) is 11.6. The lowest BCUT2D eigenvalue weighted by Gasteiger charge is -2.31. The van der Waals surface area contributed by atoms with Crippen LogP contribution in [0.5, 0.6) is 0 Å². The molecule has 106 valence electrons. The minimum absolute atomic E-state index is 0.0191. The minimum Gasteiger partial charge on any atom is -0.444 e. The van der Waals surface area contributed by atoms with Gasteiger partial charge in [0.15, 0.2) is 5.78 Å². The molecule has 2 saturated heterocycles. The number of carbonyl (C=O) groups excluding carboxylic acids is 3. The van der Waals surface area contributed by atoms with Gasteiger partial charge in [-0.05, 0) is 27.2 Å². The molecular weight excluding hydrogens is 248 g/mol. The lowest BCUT2D eigenvalue weighted by Crippen LogP contribution is -2.51. The second kappa shape index (κ2) is 4.51. The Morgan fingerprint density at radius 2 is 2.05 bits per heavy atom. The molecule has 2 heterocycles. The van der Waals surface area contributed by atoms with Gasteiger partial charge in [-0.2, -0.15) is 0 Å². The van der Waals surface area contributed by atoms with Gasteiger partial charge in [-0.25, -0.2) is 4.79 Å². The van der Waals surface area contributed by atoms with E-state index in [0.717, 1.165) is 0 Å². The molecular formula is C13H20N2O4. The molecule has 1 N–H and O–H groups in total. The number of nitrogens with zero attached hydrogens (tertiary/aromatic N) is 1. The SMILES string of the molecule is CC(C)(C)OC(=O)N1CCC2(CC(=O)CNC2=O)C1. The van der Waals surface area contributed by atoms with Crippen molar-refractivity contribution in [2.24, 2.45) is 5.41 Å². The second-order valence-corrected chi connectivity index (χ2v) is 6.33. The first-order chi connectivity index (χ1) is 8.72. The van der Waals surface area contributed by atoms with Gasteiger partial charge in [0.25, 0.3) is 0 Å². The van der Waals surface area contributed by atoms with Crippen molar-refractivity contribution in [2.45, 2.75) is 39.2 Å². The van der Waals surface area contributed by atoms with E-state index in [1.165, 1.54) is 4.90 Å². The Morgan fingerprint density at radius 3 is 2.68 bits per heavy atom. The highest BCUT2D eigenvalue weighted by Gasteiger charge is 2.49. The maximum Gasteiger partial charge on any atom is 0.410 e. The van der Waals surface area contributed by atoms with Crippen molar-refractivity contribution < 1.29 is 19.1 Å². The van der Waals surface area contributed by atoms with Crippen LogP contribution >= 0.6 is 0 Å². The summed E-state index contributed by atoms with van der Waals surface area (Å²) >= 11 is 0. The number of hydrogen-bond acceptors (Lipinski definition) is 4. The molecule has 0 radical (unpaired) electrons. The molecule has 0 aliphatic carbocycles. The number of carbonyl (C=O) groups is 3. The van der Waals surface area contributed by atoms with Crippen molar-refractivity contribution >= 4 is 17.8 Å². The fourth-order valence-electron chi connectivity index (χ4n) is 2.57. The zero-order valence-corrected chi connectivity index (χ0v) is 11.6. The van der Waals surface area contributed by atoms with Crippen LogP contribution in [0.15, 0.2) is 0 Å². The monoisotopic (exact) mass is 268 g/mol. The average molecular weight is 268 g/mol. The van der Waals surface area contributed by atoms with E-state index < -0.39 is 17.1 Å². The van der Waals surface area contributed by atoms with E-state index in [0.29, 0.717) is 13.0 Å². The summed E-state index contributed by atoms with van der Waals surface area (Å²) in [6.07, 6.45) is 0.317. The van der Waals surface area contributed by atoms with Crippen LogP contribution in [-0.2, 0) is 14.3 Å². The van der Waals surface area contributed by atoms with Crippen LogP contribution in [0.3, 0.4) is 0 Å². The molecule has 1 atom stereocenters. The number of ketones is 1. The van der Waals surface area contributed by atoms with Gasteiger partial charge in [-0.1, -0.05) is 0 Å². The van der Waals surface area contributed by atoms with E-state index in [9.17, 15) is 14.4 Å². The maximum absolute atomic E-state index is 12.0. The van der Waals surface area contributed by atoms with Crippen LogP contribution in [0.4, 0.5) is 4.79 Å². The molecule has 2 fully saturated rings. The Bertz CT molecular complexity index is 427. The molecule has 2 aliphatic rings. The molecule has 6 nitrogen and oxygen atoms in total. The van der Waals surface area contributed by atoms with E-state index in [-0.39, 0.29) is 31.2 Å². The topological polar surface area (TPSA) is 75.7 Å². The molecule has 1 unspecified atom stereocenters. The van der Waals surface area contributed by atoms with Crippen LogP contribution in [0.25, 0.3) is 0 Å². The third-order valence-corrected chi connectivity index (χ3v) is 3.47. The Hall–Kier alpha value is -1.59.